The van der Waals surface area contributed by atoms with E-state index in [9.17, 15) is 0 Å². The molecule has 148 valence electrons. The zero-order chi connectivity index (χ0) is 24.4. The van der Waals surface area contributed by atoms with Crippen molar-refractivity contribution in [1.29, 1.82) is 0 Å². The largest absolute Gasteiger partial charge is 0.356 e. The van der Waals surface area contributed by atoms with Crippen molar-refractivity contribution in [3.8, 4) is 33.4 Å². The summed E-state index contributed by atoms with van der Waals surface area (Å²) in [6.45, 7) is 0. The number of benzene rings is 5. The minimum atomic E-state index is -0.0970. The molecule has 0 atom stereocenters. The monoisotopic (exact) mass is 401 g/mol. The molecule has 0 aliphatic carbocycles. The van der Waals surface area contributed by atoms with Gasteiger partial charge >= 0.3 is 0 Å². The molecular formula is C30H23N. The van der Waals surface area contributed by atoms with Gasteiger partial charge in [-0.25, -0.2) is 0 Å². The predicted molar refractivity (Wildman–Crippen MR) is 132 cm³/mol. The van der Waals surface area contributed by atoms with Crippen LogP contribution in [0.25, 0.3) is 33.4 Å². The van der Waals surface area contributed by atoms with Gasteiger partial charge in [0.05, 0.1) is 5.48 Å². The van der Waals surface area contributed by atoms with Gasteiger partial charge in [-0.2, -0.15) is 0 Å². The lowest BCUT2D eigenvalue weighted by Crippen LogP contribution is -1.90. The van der Waals surface area contributed by atoms with Crippen LogP contribution in [0.4, 0.5) is 11.4 Å². The molecule has 0 spiro atoms. The first kappa shape index (κ1) is 14.8. The minimum Gasteiger partial charge on any atom is -0.356 e. The maximum atomic E-state index is 8.61. The van der Waals surface area contributed by atoms with Gasteiger partial charge in [0.15, 0.2) is 0 Å². The third kappa shape index (κ3) is 4.41. The van der Waals surface area contributed by atoms with Crippen LogP contribution in [0, 0.1) is 0 Å². The van der Waals surface area contributed by atoms with E-state index in [1.165, 1.54) is 0 Å². The molecule has 0 saturated heterocycles. The lowest BCUT2D eigenvalue weighted by molar-refractivity contribution is 1.53. The average Bonchev–Trinajstić information content (AvgIpc) is 2.92. The van der Waals surface area contributed by atoms with Crippen LogP contribution in [0.3, 0.4) is 0 Å². The van der Waals surface area contributed by atoms with Crippen LogP contribution in [0.5, 0.6) is 0 Å². The molecule has 0 aliphatic heterocycles. The quantitative estimate of drug-likeness (QED) is 0.311. The molecule has 5 aromatic carbocycles. The molecule has 0 radical (unpaired) electrons. The third-order valence-corrected chi connectivity index (χ3v) is 5.17. The molecule has 1 nitrogen and oxygen atoms in total. The molecule has 31 heavy (non-hydrogen) atoms. The smallest absolute Gasteiger partial charge is 0.0645 e. The van der Waals surface area contributed by atoms with Gasteiger partial charge in [-0.15, -0.1) is 0 Å². The summed E-state index contributed by atoms with van der Waals surface area (Å²) in [5, 5.41) is 3.10. The van der Waals surface area contributed by atoms with E-state index in [2.05, 4.69) is 5.32 Å². The van der Waals surface area contributed by atoms with Crippen molar-refractivity contribution >= 4 is 11.4 Å². The molecule has 0 aliphatic rings. The van der Waals surface area contributed by atoms with E-state index in [1.54, 1.807) is 0 Å². The molecule has 5 aromatic rings. The van der Waals surface area contributed by atoms with E-state index >= 15 is 0 Å². The van der Waals surface area contributed by atoms with E-state index in [-0.39, 0.29) is 29.9 Å². The van der Waals surface area contributed by atoms with E-state index < -0.39 is 0 Å². The highest BCUT2D eigenvalue weighted by molar-refractivity contribution is 5.73. The first-order valence-corrected chi connectivity index (χ1v) is 10.2. The van der Waals surface area contributed by atoms with Gasteiger partial charge in [0, 0.05) is 11.4 Å². The molecule has 0 unspecified atom stereocenters. The molecular weight excluding hydrogens is 374 g/mol. The van der Waals surface area contributed by atoms with Crippen molar-refractivity contribution < 1.29 is 5.48 Å². The Balaban J connectivity index is 1.46. The molecule has 0 bridgehead atoms. The molecule has 5 rings (SSSR count). The second-order valence-corrected chi connectivity index (χ2v) is 7.26. The second-order valence-electron chi connectivity index (χ2n) is 7.26. The first-order chi connectivity index (χ1) is 17.0. The Kier molecular flexibility index (Phi) is 4.17. The Morgan fingerprint density at radius 3 is 1.23 bits per heavy atom. The summed E-state index contributed by atoms with van der Waals surface area (Å²) in [4.78, 5) is 0. The van der Waals surface area contributed by atoms with Gasteiger partial charge in [0.1, 0.15) is 0 Å². The van der Waals surface area contributed by atoms with Crippen LogP contribution in [0.2, 0.25) is 0 Å². The van der Waals surface area contributed by atoms with Crippen molar-refractivity contribution in [3.05, 3.63) is 133 Å². The Bertz CT molecular complexity index is 1430. The summed E-state index contributed by atoms with van der Waals surface area (Å²) in [5.41, 5.74) is 6.09. The fourth-order valence-corrected chi connectivity index (χ4v) is 3.50. The van der Waals surface area contributed by atoms with Gasteiger partial charge in [-0.05, 0) is 57.6 Å². The highest BCUT2D eigenvalue weighted by Gasteiger charge is 2.02. The summed E-state index contributed by atoms with van der Waals surface area (Å²) < 4.78 is 34.4. The Hall–Kier alpha value is -4.10. The van der Waals surface area contributed by atoms with E-state index in [1.807, 2.05) is 109 Å². The van der Waals surface area contributed by atoms with Crippen molar-refractivity contribution in [2.24, 2.45) is 0 Å². The average molecular weight is 402 g/mol. The molecule has 0 fully saturated rings. The Morgan fingerprint density at radius 1 is 0.355 bits per heavy atom. The maximum absolute atomic E-state index is 8.61. The fourth-order valence-electron chi connectivity index (χ4n) is 3.50. The van der Waals surface area contributed by atoms with Crippen LogP contribution in [-0.4, -0.2) is 0 Å². The van der Waals surface area contributed by atoms with Crippen LogP contribution < -0.4 is 5.32 Å². The van der Waals surface area contributed by atoms with Gasteiger partial charge in [0.25, 0.3) is 0 Å². The van der Waals surface area contributed by atoms with Crippen LogP contribution in [-0.2, 0) is 0 Å². The number of nitrogens with one attached hydrogen (secondary N) is 1. The second kappa shape index (κ2) is 8.73. The summed E-state index contributed by atoms with van der Waals surface area (Å²) in [7, 11) is 0. The predicted octanol–water partition coefficient (Wildman–Crippen LogP) is 8.43. The molecule has 0 saturated carbocycles. The minimum absolute atomic E-state index is 0.0677. The van der Waals surface area contributed by atoms with E-state index in [0.717, 1.165) is 22.3 Å². The van der Waals surface area contributed by atoms with Gasteiger partial charge in [0.2, 0.25) is 0 Å². The van der Waals surface area contributed by atoms with Gasteiger partial charge < -0.3 is 5.32 Å². The van der Waals surface area contributed by atoms with Gasteiger partial charge in [-0.1, -0.05) is 109 Å². The Morgan fingerprint density at radius 2 is 0.742 bits per heavy atom. The van der Waals surface area contributed by atoms with E-state index in [4.69, 9.17) is 5.48 Å². The SMILES string of the molecule is [2H]c1c([2H])c(-c2ccc(-c3ccccc3)cc2)c([2H])c([2H])c1Nc1ccc(-c2ccccc2)cc1. The zero-order valence-electron chi connectivity index (χ0n) is 20.9. The molecule has 0 amide bonds. The topological polar surface area (TPSA) is 12.0 Å². The van der Waals surface area contributed by atoms with Crippen molar-refractivity contribution in [2.45, 2.75) is 0 Å². The Labute approximate surface area is 189 Å². The van der Waals surface area contributed by atoms with E-state index in [0.29, 0.717) is 16.8 Å². The lowest BCUT2D eigenvalue weighted by Gasteiger charge is -2.10. The van der Waals surface area contributed by atoms with Crippen molar-refractivity contribution in [3.63, 3.8) is 0 Å². The van der Waals surface area contributed by atoms with Crippen LogP contribution >= 0.6 is 0 Å². The summed E-state index contributed by atoms with van der Waals surface area (Å²) in [6, 6.07) is 35.0. The fraction of sp³-hybridized carbons (Fsp3) is 0. The number of hydrogen-bond donors (Lipinski definition) is 1. The summed E-state index contributed by atoms with van der Waals surface area (Å²) in [6.07, 6.45) is 0. The van der Waals surface area contributed by atoms with Crippen molar-refractivity contribution in [1.82, 2.24) is 0 Å². The number of anilines is 2. The summed E-state index contributed by atoms with van der Waals surface area (Å²) in [5.74, 6) is 0. The highest BCUT2D eigenvalue weighted by Crippen LogP contribution is 2.27. The normalized spacial score (nSPS) is 12.4. The maximum Gasteiger partial charge on any atom is 0.0645 e. The summed E-state index contributed by atoms with van der Waals surface area (Å²) >= 11 is 0. The standard InChI is InChI=1S/C30H23N/c1-3-7-23(8-4-1)25-11-13-26(14-12-25)28-17-21-30(22-18-28)31-29-19-15-27(16-20-29)24-9-5-2-6-10-24/h1-22,31H/i17D,18D,21D,22D. The van der Waals surface area contributed by atoms with Crippen LogP contribution in [0.1, 0.15) is 5.48 Å². The lowest BCUT2D eigenvalue weighted by atomic mass is 10.0. The number of rotatable bonds is 5. The molecule has 1 N–H and O–H groups in total. The number of hydrogen-bond acceptors (Lipinski definition) is 1. The van der Waals surface area contributed by atoms with Gasteiger partial charge in [-0.3, -0.25) is 0 Å². The molecule has 0 heterocycles. The zero-order valence-corrected chi connectivity index (χ0v) is 16.9. The highest BCUT2D eigenvalue weighted by atomic mass is 14.9. The van der Waals surface area contributed by atoms with Crippen molar-refractivity contribution in [2.75, 3.05) is 5.32 Å². The molecule has 1 heteroatoms. The first-order valence-electron chi connectivity index (χ1n) is 12.2. The molecule has 0 aromatic heterocycles. The third-order valence-electron chi connectivity index (χ3n) is 5.17. The van der Waals surface area contributed by atoms with Crippen LogP contribution in [0.15, 0.2) is 133 Å².